The lowest BCUT2D eigenvalue weighted by molar-refractivity contribution is -0.135. The Morgan fingerprint density at radius 3 is 2.44 bits per heavy atom. The first-order valence-electron chi connectivity index (χ1n) is 12.0. The van der Waals surface area contributed by atoms with Crippen LogP contribution in [0.15, 0.2) is 81.8 Å². The summed E-state index contributed by atoms with van der Waals surface area (Å²) >= 11 is 0. The molecule has 8 nitrogen and oxygen atoms in total. The highest BCUT2D eigenvalue weighted by Crippen LogP contribution is 2.21. The zero-order valence-corrected chi connectivity index (χ0v) is 19.7. The van der Waals surface area contributed by atoms with Gasteiger partial charge in [-0.3, -0.25) is 14.4 Å². The molecule has 1 fully saturated rings. The van der Waals surface area contributed by atoms with Crippen LogP contribution in [0.25, 0.3) is 11.0 Å². The van der Waals surface area contributed by atoms with Crippen LogP contribution in [0.5, 0.6) is 0 Å². The number of anilines is 1. The normalized spacial score (nSPS) is 14.1. The lowest BCUT2D eigenvalue weighted by Gasteiger charge is -2.31. The minimum absolute atomic E-state index is 0.00113. The quantitative estimate of drug-likeness (QED) is 0.404. The van der Waals surface area contributed by atoms with Crippen molar-refractivity contribution >= 4 is 34.4 Å². The van der Waals surface area contributed by atoms with E-state index in [0.29, 0.717) is 43.7 Å². The van der Waals surface area contributed by atoms with E-state index in [0.717, 1.165) is 16.7 Å². The first-order valence-corrected chi connectivity index (χ1v) is 12.0. The number of furan rings is 2. The number of benzene rings is 2. The standard InChI is InChI=1S/C28H27N3O5/c32-26(31-13-11-20(12-14-31)27(33)29-18-23-5-3-15-35-23)16-19-7-9-22(10-8-19)30-28(34)25-17-21-4-1-2-6-24(21)36-25/h1-10,15,17,20H,11-14,16,18H2,(H,29,33)(H,30,34). The van der Waals surface area contributed by atoms with Crippen molar-refractivity contribution in [3.8, 4) is 0 Å². The summed E-state index contributed by atoms with van der Waals surface area (Å²) in [6.07, 6.45) is 3.13. The molecule has 3 heterocycles. The number of carbonyl (C=O) groups excluding carboxylic acids is 3. The molecule has 1 aliphatic rings. The topological polar surface area (TPSA) is 105 Å². The summed E-state index contributed by atoms with van der Waals surface area (Å²) < 4.78 is 10.8. The molecular formula is C28H27N3O5. The summed E-state index contributed by atoms with van der Waals surface area (Å²) in [5, 5.41) is 6.60. The predicted octanol–water partition coefficient (Wildman–Crippen LogP) is 4.38. The second-order valence-corrected chi connectivity index (χ2v) is 8.93. The van der Waals surface area contributed by atoms with Gasteiger partial charge in [-0.15, -0.1) is 0 Å². The maximum atomic E-state index is 12.8. The molecule has 4 aromatic rings. The number of piperidine rings is 1. The molecule has 3 amide bonds. The van der Waals surface area contributed by atoms with E-state index < -0.39 is 0 Å². The van der Waals surface area contributed by atoms with E-state index in [9.17, 15) is 14.4 Å². The van der Waals surface area contributed by atoms with Gasteiger partial charge in [0, 0.05) is 30.1 Å². The molecule has 2 aromatic heterocycles. The van der Waals surface area contributed by atoms with Crippen LogP contribution in [0, 0.1) is 5.92 Å². The van der Waals surface area contributed by atoms with Gasteiger partial charge in [-0.05, 0) is 54.8 Å². The van der Waals surface area contributed by atoms with E-state index in [-0.39, 0.29) is 35.8 Å². The zero-order valence-electron chi connectivity index (χ0n) is 19.7. The Hall–Kier alpha value is -4.33. The maximum Gasteiger partial charge on any atom is 0.291 e. The van der Waals surface area contributed by atoms with Crippen molar-refractivity contribution in [3.63, 3.8) is 0 Å². The Kier molecular flexibility index (Phi) is 6.84. The SMILES string of the molecule is O=C(Nc1ccc(CC(=O)N2CCC(C(=O)NCc3ccco3)CC2)cc1)c1cc2ccccc2o1. The molecule has 0 unspecified atom stereocenters. The second kappa shape index (κ2) is 10.5. The Bertz CT molecular complexity index is 1320. The lowest BCUT2D eigenvalue weighted by atomic mass is 9.95. The largest absolute Gasteiger partial charge is 0.467 e. The van der Waals surface area contributed by atoms with Gasteiger partial charge in [0.15, 0.2) is 5.76 Å². The van der Waals surface area contributed by atoms with E-state index >= 15 is 0 Å². The van der Waals surface area contributed by atoms with Gasteiger partial charge in [0.2, 0.25) is 11.8 Å². The molecule has 1 aliphatic heterocycles. The maximum absolute atomic E-state index is 12.8. The van der Waals surface area contributed by atoms with Gasteiger partial charge < -0.3 is 24.4 Å². The molecule has 2 aromatic carbocycles. The van der Waals surface area contributed by atoms with Gasteiger partial charge in [0.1, 0.15) is 11.3 Å². The molecule has 1 saturated heterocycles. The van der Waals surface area contributed by atoms with E-state index in [1.54, 1.807) is 30.5 Å². The first kappa shape index (κ1) is 23.4. The fourth-order valence-corrected chi connectivity index (χ4v) is 4.40. The molecule has 5 rings (SSSR count). The van der Waals surface area contributed by atoms with E-state index in [2.05, 4.69) is 10.6 Å². The summed E-state index contributed by atoms with van der Waals surface area (Å²) in [6, 6.07) is 20.0. The summed E-state index contributed by atoms with van der Waals surface area (Å²) in [7, 11) is 0. The minimum Gasteiger partial charge on any atom is -0.467 e. The number of carbonyl (C=O) groups is 3. The second-order valence-electron chi connectivity index (χ2n) is 8.93. The molecule has 0 spiro atoms. The van der Waals surface area contributed by atoms with Crippen molar-refractivity contribution in [2.24, 2.45) is 5.92 Å². The van der Waals surface area contributed by atoms with Gasteiger partial charge in [-0.25, -0.2) is 0 Å². The van der Waals surface area contributed by atoms with Gasteiger partial charge in [-0.2, -0.15) is 0 Å². The molecule has 0 aliphatic carbocycles. The highest BCUT2D eigenvalue weighted by atomic mass is 16.3. The van der Waals surface area contributed by atoms with E-state index in [4.69, 9.17) is 8.83 Å². The number of nitrogens with zero attached hydrogens (tertiary/aromatic N) is 1. The Morgan fingerprint density at radius 2 is 1.72 bits per heavy atom. The van der Waals surface area contributed by atoms with E-state index in [1.165, 1.54) is 0 Å². The fraction of sp³-hybridized carbons (Fsp3) is 0.250. The van der Waals surface area contributed by atoms with Gasteiger partial charge >= 0.3 is 0 Å². The minimum atomic E-state index is -0.328. The van der Waals surface area contributed by atoms with Crippen molar-refractivity contribution < 1.29 is 23.2 Å². The summed E-state index contributed by atoms with van der Waals surface area (Å²) in [6.45, 7) is 1.49. The highest BCUT2D eigenvalue weighted by molar-refractivity contribution is 6.04. The Labute approximate surface area is 208 Å². The average Bonchev–Trinajstić information content (AvgIpc) is 3.58. The highest BCUT2D eigenvalue weighted by Gasteiger charge is 2.27. The van der Waals surface area contributed by atoms with Crippen LogP contribution in [-0.4, -0.2) is 35.7 Å². The van der Waals surface area contributed by atoms with Crippen molar-refractivity contribution in [1.29, 1.82) is 0 Å². The molecule has 184 valence electrons. The van der Waals surface area contributed by atoms with Gasteiger partial charge in [0.25, 0.3) is 5.91 Å². The number of para-hydroxylation sites is 1. The number of fused-ring (bicyclic) bond motifs is 1. The van der Waals surface area contributed by atoms with Crippen LogP contribution in [0.3, 0.4) is 0 Å². The smallest absolute Gasteiger partial charge is 0.291 e. The monoisotopic (exact) mass is 485 g/mol. The lowest BCUT2D eigenvalue weighted by Crippen LogP contribution is -2.43. The van der Waals surface area contributed by atoms with Crippen LogP contribution in [-0.2, 0) is 22.6 Å². The zero-order chi connectivity index (χ0) is 24.9. The molecular weight excluding hydrogens is 458 g/mol. The summed E-state index contributed by atoms with van der Waals surface area (Å²) in [4.78, 5) is 39.5. The fourth-order valence-electron chi connectivity index (χ4n) is 4.40. The van der Waals surface area contributed by atoms with Crippen LogP contribution in [0.4, 0.5) is 5.69 Å². The van der Waals surface area contributed by atoms with Crippen LogP contribution in [0.1, 0.15) is 34.7 Å². The number of rotatable bonds is 7. The Morgan fingerprint density at radius 1 is 0.944 bits per heavy atom. The number of hydrogen-bond acceptors (Lipinski definition) is 5. The van der Waals surface area contributed by atoms with Crippen molar-refractivity contribution in [3.05, 3.63) is 90.1 Å². The number of amides is 3. The molecule has 8 heteroatoms. The van der Waals surface area contributed by atoms with Gasteiger partial charge in [0.05, 0.1) is 19.2 Å². The number of likely N-dealkylation sites (tertiary alicyclic amines) is 1. The van der Waals surface area contributed by atoms with Crippen molar-refractivity contribution in [1.82, 2.24) is 10.2 Å². The van der Waals surface area contributed by atoms with Crippen molar-refractivity contribution in [2.45, 2.75) is 25.8 Å². The third kappa shape index (κ3) is 5.49. The molecule has 0 radical (unpaired) electrons. The Balaban J connectivity index is 1.08. The number of hydrogen-bond donors (Lipinski definition) is 2. The molecule has 2 N–H and O–H groups in total. The number of nitrogens with one attached hydrogen (secondary N) is 2. The van der Waals surface area contributed by atoms with Crippen LogP contribution >= 0.6 is 0 Å². The van der Waals surface area contributed by atoms with Crippen LogP contribution < -0.4 is 10.6 Å². The predicted molar refractivity (Wildman–Crippen MR) is 134 cm³/mol. The third-order valence-corrected chi connectivity index (χ3v) is 6.45. The average molecular weight is 486 g/mol. The van der Waals surface area contributed by atoms with Crippen molar-refractivity contribution in [2.75, 3.05) is 18.4 Å². The summed E-state index contributed by atoms with van der Waals surface area (Å²) in [5.74, 6) is 0.566. The third-order valence-electron chi connectivity index (χ3n) is 6.45. The van der Waals surface area contributed by atoms with E-state index in [1.807, 2.05) is 47.4 Å². The first-order chi connectivity index (χ1) is 17.5. The van der Waals surface area contributed by atoms with Gasteiger partial charge in [-0.1, -0.05) is 30.3 Å². The molecule has 0 saturated carbocycles. The molecule has 0 bridgehead atoms. The van der Waals surface area contributed by atoms with Crippen LogP contribution in [0.2, 0.25) is 0 Å². The molecule has 0 atom stereocenters. The summed E-state index contributed by atoms with van der Waals surface area (Å²) in [5.41, 5.74) is 2.15. The molecule has 36 heavy (non-hydrogen) atoms.